The summed E-state index contributed by atoms with van der Waals surface area (Å²) in [7, 11) is 0. The first-order chi connectivity index (χ1) is 10.1. The summed E-state index contributed by atoms with van der Waals surface area (Å²) in [4.78, 5) is 12.0. The quantitative estimate of drug-likeness (QED) is 0.794. The minimum absolute atomic E-state index is 0.0150. The molecule has 2 aromatic rings. The van der Waals surface area contributed by atoms with Crippen molar-refractivity contribution in [2.45, 2.75) is 37.7 Å². The monoisotopic (exact) mass is 308 g/mol. The second-order valence-corrected chi connectivity index (χ2v) is 6.53. The molecule has 1 N–H and O–H groups in total. The van der Waals surface area contributed by atoms with Gasteiger partial charge in [-0.25, -0.2) is 0 Å². The average Bonchev–Trinajstić information content (AvgIpc) is 3.09. The van der Waals surface area contributed by atoms with Crippen molar-refractivity contribution in [3.63, 3.8) is 0 Å². The van der Waals surface area contributed by atoms with Gasteiger partial charge < -0.3 is 14.3 Å². The van der Waals surface area contributed by atoms with Gasteiger partial charge in [-0.2, -0.15) is 0 Å². The van der Waals surface area contributed by atoms with Crippen molar-refractivity contribution in [1.29, 1.82) is 0 Å². The fraction of sp³-hybridized carbons (Fsp3) is 0.500. The highest BCUT2D eigenvalue weighted by Crippen LogP contribution is 2.21. The van der Waals surface area contributed by atoms with Crippen LogP contribution in [-0.2, 0) is 11.3 Å². The van der Waals surface area contributed by atoms with Crippen LogP contribution < -0.4 is 5.32 Å². The predicted octanol–water partition coefficient (Wildman–Crippen LogP) is 2.17. The molecule has 0 radical (unpaired) electrons. The molecule has 0 bridgehead atoms. The number of nitrogens with one attached hydrogen (secondary N) is 1. The van der Waals surface area contributed by atoms with Gasteiger partial charge in [-0.1, -0.05) is 25.6 Å². The molecule has 0 saturated carbocycles. The molecule has 6 nitrogen and oxygen atoms in total. The molecule has 1 unspecified atom stereocenters. The number of thioether (sulfide) groups is 1. The number of hydrogen-bond donors (Lipinski definition) is 1. The zero-order chi connectivity index (χ0) is 15.2. The summed E-state index contributed by atoms with van der Waals surface area (Å²) < 4.78 is 7.18. The van der Waals surface area contributed by atoms with Crippen LogP contribution in [0.1, 0.15) is 26.5 Å². The van der Waals surface area contributed by atoms with E-state index in [0.29, 0.717) is 24.2 Å². The molecule has 0 spiro atoms. The van der Waals surface area contributed by atoms with Crippen LogP contribution in [0.2, 0.25) is 0 Å². The first-order valence-electron chi connectivity index (χ1n) is 6.91. The van der Waals surface area contributed by atoms with Crippen molar-refractivity contribution in [3.05, 3.63) is 30.5 Å². The lowest BCUT2D eigenvalue weighted by Crippen LogP contribution is -2.33. The van der Waals surface area contributed by atoms with Crippen LogP contribution in [0.3, 0.4) is 0 Å². The van der Waals surface area contributed by atoms with E-state index in [1.165, 1.54) is 11.8 Å². The van der Waals surface area contributed by atoms with Crippen molar-refractivity contribution < 1.29 is 9.21 Å². The Morgan fingerprint density at radius 1 is 1.48 bits per heavy atom. The number of aromatic nitrogens is 3. The summed E-state index contributed by atoms with van der Waals surface area (Å²) in [6.07, 6.45) is 3.28. The highest BCUT2D eigenvalue weighted by atomic mass is 32.2. The predicted molar refractivity (Wildman–Crippen MR) is 81.0 cm³/mol. The Morgan fingerprint density at radius 3 is 2.95 bits per heavy atom. The molecule has 0 saturated heterocycles. The molecule has 0 aromatic carbocycles. The van der Waals surface area contributed by atoms with E-state index in [1.54, 1.807) is 12.6 Å². The molecule has 21 heavy (non-hydrogen) atoms. The van der Waals surface area contributed by atoms with Gasteiger partial charge in [0.25, 0.3) is 0 Å². The number of carbonyl (C=O) groups excluding carboxylic acids is 1. The third-order valence-corrected chi connectivity index (χ3v) is 3.92. The third-order valence-electron chi connectivity index (χ3n) is 2.82. The fourth-order valence-corrected chi connectivity index (χ4v) is 2.52. The Morgan fingerprint density at radius 2 is 2.29 bits per heavy atom. The van der Waals surface area contributed by atoms with Crippen LogP contribution in [0.4, 0.5) is 0 Å². The molecule has 0 fully saturated rings. The van der Waals surface area contributed by atoms with Crippen molar-refractivity contribution in [2.75, 3.05) is 6.54 Å². The summed E-state index contributed by atoms with van der Waals surface area (Å²) in [6.45, 7) is 7.24. The second kappa shape index (κ2) is 7.31. The zero-order valence-corrected chi connectivity index (χ0v) is 13.3. The standard InChI is InChI=1S/C14H20N4O2S/c1-10(2)7-15-13(19)11(3)21-14-17-16-9-18(14)8-12-5-4-6-20-12/h4-6,9-11H,7-8H2,1-3H3,(H,15,19). The largest absolute Gasteiger partial charge is 0.467 e. The van der Waals surface area contributed by atoms with E-state index in [2.05, 4.69) is 29.4 Å². The SMILES string of the molecule is CC(C)CNC(=O)C(C)Sc1nncn1Cc1ccco1. The molecule has 7 heteroatoms. The summed E-state index contributed by atoms with van der Waals surface area (Å²) in [5.41, 5.74) is 0. The summed E-state index contributed by atoms with van der Waals surface area (Å²) in [5, 5.41) is 11.4. The van der Waals surface area contributed by atoms with Crippen molar-refractivity contribution in [3.8, 4) is 0 Å². The van der Waals surface area contributed by atoms with E-state index < -0.39 is 0 Å². The number of nitrogens with zero attached hydrogens (tertiary/aromatic N) is 3. The van der Waals surface area contributed by atoms with E-state index in [1.807, 2.05) is 23.6 Å². The molecule has 2 rings (SSSR count). The van der Waals surface area contributed by atoms with E-state index in [9.17, 15) is 4.79 Å². The van der Waals surface area contributed by atoms with Gasteiger partial charge in [-0.15, -0.1) is 10.2 Å². The number of hydrogen-bond acceptors (Lipinski definition) is 5. The second-order valence-electron chi connectivity index (χ2n) is 5.22. The molecular formula is C14H20N4O2S. The van der Waals surface area contributed by atoms with Gasteiger partial charge in [0.2, 0.25) is 5.91 Å². The maximum Gasteiger partial charge on any atom is 0.233 e. The number of furan rings is 1. The minimum Gasteiger partial charge on any atom is -0.467 e. The topological polar surface area (TPSA) is 73.0 Å². The lowest BCUT2D eigenvalue weighted by Gasteiger charge is -2.13. The normalized spacial score (nSPS) is 12.6. The van der Waals surface area contributed by atoms with E-state index >= 15 is 0 Å². The van der Waals surface area contributed by atoms with Gasteiger partial charge in [0.15, 0.2) is 5.16 Å². The highest BCUT2D eigenvalue weighted by molar-refractivity contribution is 8.00. The number of amides is 1. The van der Waals surface area contributed by atoms with Gasteiger partial charge >= 0.3 is 0 Å². The van der Waals surface area contributed by atoms with Gasteiger partial charge in [0.05, 0.1) is 18.1 Å². The molecule has 1 amide bonds. The lowest BCUT2D eigenvalue weighted by atomic mass is 10.2. The molecule has 1 atom stereocenters. The maximum absolute atomic E-state index is 12.0. The molecule has 2 aromatic heterocycles. The summed E-state index contributed by atoms with van der Waals surface area (Å²) >= 11 is 1.39. The van der Waals surface area contributed by atoms with Crippen LogP contribution in [0, 0.1) is 5.92 Å². The maximum atomic E-state index is 12.0. The molecule has 114 valence electrons. The van der Waals surface area contributed by atoms with E-state index in [-0.39, 0.29) is 11.2 Å². The third kappa shape index (κ3) is 4.63. The molecule has 0 aliphatic rings. The van der Waals surface area contributed by atoms with Crippen LogP contribution in [-0.4, -0.2) is 32.5 Å². The van der Waals surface area contributed by atoms with E-state index in [4.69, 9.17) is 4.42 Å². The molecule has 2 heterocycles. The lowest BCUT2D eigenvalue weighted by molar-refractivity contribution is -0.120. The number of rotatable bonds is 7. The minimum atomic E-state index is -0.219. The van der Waals surface area contributed by atoms with Crippen LogP contribution in [0.25, 0.3) is 0 Å². The summed E-state index contributed by atoms with van der Waals surface area (Å²) in [6, 6.07) is 3.74. The zero-order valence-electron chi connectivity index (χ0n) is 12.4. The molecular weight excluding hydrogens is 288 g/mol. The smallest absolute Gasteiger partial charge is 0.233 e. The average molecular weight is 308 g/mol. The van der Waals surface area contributed by atoms with Crippen LogP contribution in [0.15, 0.2) is 34.3 Å². The Kier molecular flexibility index (Phi) is 5.44. The Labute approximate surface area is 128 Å². The molecule has 0 aliphatic heterocycles. The van der Waals surface area contributed by atoms with E-state index in [0.717, 1.165) is 5.76 Å². The first kappa shape index (κ1) is 15.6. The van der Waals surface area contributed by atoms with Crippen LogP contribution >= 0.6 is 11.8 Å². The van der Waals surface area contributed by atoms with Gasteiger partial charge in [0, 0.05) is 6.54 Å². The Bertz CT molecular complexity index is 565. The Hall–Kier alpha value is -1.76. The van der Waals surface area contributed by atoms with Crippen molar-refractivity contribution >= 4 is 17.7 Å². The van der Waals surface area contributed by atoms with Gasteiger partial charge in [-0.3, -0.25) is 4.79 Å². The van der Waals surface area contributed by atoms with Gasteiger partial charge in [0.1, 0.15) is 12.1 Å². The van der Waals surface area contributed by atoms with Crippen molar-refractivity contribution in [2.24, 2.45) is 5.92 Å². The highest BCUT2D eigenvalue weighted by Gasteiger charge is 2.18. The van der Waals surface area contributed by atoms with Crippen LogP contribution in [0.5, 0.6) is 0 Å². The number of carbonyl (C=O) groups is 1. The Balaban J connectivity index is 1.93. The first-order valence-corrected chi connectivity index (χ1v) is 7.78. The van der Waals surface area contributed by atoms with Crippen molar-refractivity contribution in [1.82, 2.24) is 20.1 Å². The fourth-order valence-electron chi connectivity index (χ4n) is 1.67. The van der Waals surface area contributed by atoms with Gasteiger partial charge in [-0.05, 0) is 25.0 Å². The summed E-state index contributed by atoms with van der Waals surface area (Å²) in [5.74, 6) is 1.28. The molecule has 0 aliphatic carbocycles.